The first-order valence-corrected chi connectivity index (χ1v) is 13.7. The van der Waals surface area contributed by atoms with Crippen LogP contribution in [0.4, 0.5) is 5.95 Å². The third-order valence-corrected chi connectivity index (χ3v) is 7.80. The first-order chi connectivity index (χ1) is 18.6. The zero-order valence-corrected chi connectivity index (χ0v) is 22.6. The van der Waals surface area contributed by atoms with Crippen LogP contribution < -0.4 is 14.8 Å². The zero-order chi connectivity index (χ0) is 26.5. The second-order valence-electron chi connectivity index (χ2n) is 7.96. The molecule has 1 aliphatic rings. The molecular formula is C25H25N7O4S2. The van der Waals surface area contributed by atoms with Crippen LogP contribution in [0, 0.1) is 0 Å². The van der Waals surface area contributed by atoms with Crippen molar-refractivity contribution in [2.75, 3.05) is 31.4 Å². The molecule has 0 amide bonds. The number of carbonyl (C=O) groups excluding carboxylic acids is 1. The summed E-state index contributed by atoms with van der Waals surface area (Å²) in [6.07, 6.45) is 0. The molecule has 2 aromatic heterocycles. The molecule has 1 N–H and O–H groups in total. The lowest BCUT2D eigenvalue weighted by molar-refractivity contribution is -0.139. The molecule has 3 heterocycles. The van der Waals surface area contributed by atoms with Gasteiger partial charge in [0.15, 0.2) is 15.8 Å². The molecule has 1 unspecified atom stereocenters. The molecule has 13 heteroatoms. The van der Waals surface area contributed by atoms with Gasteiger partial charge in [-0.3, -0.25) is 0 Å². The lowest BCUT2D eigenvalue weighted by atomic mass is 9.95. The minimum Gasteiger partial charge on any atom is -0.493 e. The summed E-state index contributed by atoms with van der Waals surface area (Å²) >= 11 is 2.96. The molecular weight excluding hydrogens is 526 g/mol. The Labute approximate surface area is 227 Å². The SMILES string of the molecule is CCOC(=O)C1=C(CSc2nnc(-c3ccccc3)s2)Nc2nnnn2C1c1ccc(OC)c(OCC)c1. The van der Waals surface area contributed by atoms with E-state index in [4.69, 9.17) is 14.2 Å². The van der Waals surface area contributed by atoms with E-state index in [1.807, 2.05) is 49.4 Å². The van der Waals surface area contributed by atoms with Crippen LogP contribution in [0.3, 0.4) is 0 Å². The van der Waals surface area contributed by atoms with Crippen molar-refractivity contribution in [2.24, 2.45) is 0 Å². The topological polar surface area (TPSA) is 126 Å². The van der Waals surface area contributed by atoms with Gasteiger partial charge in [0.1, 0.15) is 11.0 Å². The van der Waals surface area contributed by atoms with E-state index in [0.717, 1.165) is 20.5 Å². The maximum absolute atomic E-state index is 13.4. The van der Waals surface area contributed by atoms with E-state index in [2.05, 4.69) is 31.0 Å². The van der Waals surface area contributed by atoms with Crippen LogP contribution in [0.5, 0.6) is 11.5 Å². The van der Waals surface area contributed by atoms with E-state index in [1.165, 1.54) is 23.1 Å². The number of aromatic nitrogens is 6. The van der Waals surface area contributed by atoms with Crippen molar-refractivity contribution in [3.8, 4) is 22.1 Å². The fourth-order valence-corrected chi connectivity index (χ4v) is 5.86. The highest BCUT2D eigenvalue weighted by Crippen LogP contribution is 2.40. The Hall–Kier alpha value is -3.97. The van der Waals surface area contributed by atoms with E-state index in [0.29, 0.717) is 41.1 Å². The molecule has 0 saturated carbocycles. The molecule has 196 valence electrons. The minimum absolute atomic E-state index is 0.224. The van der Waals surface area contributed by atoms with Gasteiger partial charge in [-0.05, 0) is 42.0 Å². The van der Waals surface area contributed by atoms with Crippen molar-refractivity contribution in [3.63, 3.8) is 0 Å². The monoisotopic (exact) mass is 551 g/mol. The molecule has 1 atom stereocenters. The first kappa shape index (κ1) is 25.7. The number of nitrogens with one attached hydrogen (secondary N) is 1. The first-order valence-electron chi connectivity index (χ1n) is 11.9. The van der Waals surface area contributed by atoms with E-state index < -0.39 is 12.0 Å². The van der Waals surface area contributed by atoms with Gasteiger partial charge in [-0.15, -0.1) is 10.2 Å². The molecule has 0 fully saturated rings. The lowest BCUT2D eigenvalue weighted by Crippen LogP contribution is -2.31. The molecule has 0 spiro atoms. The van der Waals surface area contributed by atoms with Crippen LogP contribution in [-0.4, -0.2) is 62.5 Å². The summed E-state index contributed by atoms with van der Waals surface area (Å²) in [4.78, 5) is 13.4. The number of esters is 1. The van der Waals surface area contributed by atoms with E-state index in [-0.39, 0.29) is 6.61 Å². The molecule has 0 radical (unpaired) electrons. The summed E-state index contributed by atoms with van der Waals surface area (Å²) in [5.41, 5.74) is 2.78. The van der Waals surface area contributed by atoms with Crippen molar-refractivity contribution >= 4 is 35.0 Å². The molecule has 1 aliphatic heterocycles. The van der Waals surface area contributed by atoms with Crippen LogP contribution in [0.1, 0.15) is 25.5 Å². The van der Waals surface area contributed by atoms with Crippen LogP contribution in [0.2, 0.25) is 0 Å². The maximum atomic E-state index is 13.4. The number of hydrogen-bond donors (Lipinski definition) is 1. The number of benzene rings is 2. The predicted molar refractivity (Wildman–Crippen MR) is 143 cm³/mol. The van der Waals surface area contributed by atoms with Crippen molar-refractivity contribution in [3.05, 3.63) is 65.4 Å². The Bertz CT molecular complexity index is 1450. The number of ether oxygens (including phenoxy) is 3. The number of hydrogen-bond acceptors (Lipinski definition) is 12. The molecule has 5 rings (SSSR count). The predicted octanol–water partition coefficient (Wildman–Crippen LogP) is 4.22. The average Bonchev–Trinajstić information content (AvgIpc) is 3.61. The molecule has 0 saturated heterocycles. The lowest BCUT2D eigenvalue weighted by Gasteiger charge is -2.28. The summed E-state index contributed by atoms with van der Waals surface area (Å²) in [6, 6.07) is 14.7. The Morgan fingerprint density at radius 3 is 2.68 bits per heavy atom. The molecule has 4 aromatic rings. The van der Waals surface area contributed by atoms with Gasteiger partial charge in [0, 0.05) is 17.0 Å². The largest absolute Gasteiger partial charge is 0.493 e. The average molecular weight is 552 g/mol. The fourth-order valence-electron chi connectivity index (χ4n) is 4.04. The van der Waals surface area contributed by atoms with Crippen LogP contribution in [0.25, 0.3) is 10.6 Å². The zero-order valence-electron chi connectivity index (χ0n) is 21.0. The van der Waals surface area contributed by atoms with Crippen molar-refractivity contribution in [2.45, 2.75) is 24.2 Å². The normalized spacial score (nSPS) is 14.6. The van der Waals surface area contributed by atoms with Gasteiger partial charge in [-0.2, -0.15) is 4.68 Å². The second kappa shape index (κ2) is 11.6. The molecule has 0 aliphatic carbocycles. The Balaban J connectivity index is 1.52. The number of fused-ring (bicyclic) bond motifs is 1. The molecule has 11 nitrogen and oxygen atoms in total. The van der Waals surface area contributed by atoms with Crippen LogP contribution >= 0.6 is 23.1 Å². The third kappa shape index (κ3) is 5.20. The van der Waals surface area contributed by atoms with Crippen LogP contribution in [0.15, 0.2) is 64.1 Å². The van der Waals surface area contributed by atoms with Gasteiger partial charge in [-0.25, -0.2) is 4.79 Å². The van der Waals surface area contributed by atoms with Gasteiger partial charge in [0.05, 0.1) is 25.9 Å². The van der Waals surface area contributed by atoms with Gasteiger partial charge in [-0.1, -0.05) is 64.6 Å². The van der Waals surface area contributed by atoms with Gasteiger partial charge < -0.3 is 19.5 Å². The number of thioether (sulfide) groups is 1. The highest BCUT2D eigenvalue weighted by molar-refractivity contribution is 8.01. The summed E-state index contributed by atoms with van der Waals surface area (Å²) in [7, 11) is 1.58. The molecule has 38 heavy (non-hydrogen) atoms. The number of nitrogens with zero attached hydrogens (tertiary/aromatic N) is 6. The van der Waals surface area contributed by atoms with Crippen molar-refractivity contribution in [1.82, 2.24) is 30.4 Å². The van der Waals surface area contributed by atoms with Gasteiger partial charge in [0.25, 0.3) is 0 Å². The van der Waals surface area contributed by atoms with E-state index in [9.17, 15) is 4.79 Å². The van der Waals surface area contributed by atoms with Crippen LogP contribution in [-0.2, 0) is 9.53 Å². The number of methoxy groups -OCH3 is 1. The molecule has 2 aromatic carbocycles. The van der Waals surface area contributed by atoms with Crippen molar-refractivity contribution in [1.29, 1.82) is 0 Å². The number of rotatable bonds is 10. The molecule has 0 bridgehead atoms. The summed E-state index contributed by atoms with van der Waals surface area (Å²) < 4.78 is 19.1. The smallest absolute Gasteiger partial charge is 0.338 e. The Morgan fingerprint density at radius 2 is 1.92 bits per heavy atom. The number of tetrazole rings is 1. The fraction of sp³-hybridized carbons (Fsp3) is 0.280. The van der Waals surface area contributed by atoms with E-state index >= 15 is 0 Å². The third-order valence-electron chi connectivity index (χ3n) is 5.66. The summed E-state index contributed by atoms with van der Waals surface area (Å²) in [5.74, 6) is 1.49. The maximum Gasteiger partial charge on any atom is 0.338 e. The van der Waals surface area contributed by atoms with Gasteiger partial charge in [0.2, 0.25) is 5.95 Å². The van der Waals surface area contributed by atoms with E-state index in [1.54, 1.807) is 24.8 Å². The quantitative estimate of drug-likeness (QED) is 0.225. The summed E-state index contributed by atoms with van der Waals surface area (Å²) in [5, 5.41) is 24.8. The Kier molecular flexibility index (Phi) is 7.84. The Morgan fingerprint density at radius 1 is 1.08 bits per heavy atom. The second-order valence-corrected chi connectivity index (χ2v) is 10.2. The number of carbonyl (C=O) groups is 1. The van der Waals surface area contributed by atoms with Gasteiger partial charge >= 0.3 is 5.97 Å². The number of anilines is 1. The summed E-state index contributed by atoms with van der Waals surface area (Å²) in [6.45, 7) is 4.35. The highest BCUT2D eigenvalue weighted by Gasteiger charge is 2.36. The standard InChI is InChI=1S/C25H25N7O4S2/c1-4-35-19-13-16(11-12-18(19)34-3)21-20(23(33)36-5-2)17(26-24-28-30-31-32(21)24)14-37-25-29-27-22(38-25)15-9-7-6-8-10-15/h6-13,21H,4-5,14H2,1-3H3,(H,26,28,31). The van der Waals surface area contributed by atoms with Crippen molar-refractivity contribution < 1.29 is 19.0 Å². The minimum atomic E-state index is -0.643. The highest BCUT2D eigenvalue weighted by atomic mass is 32.2.